The molecule has 1 aromatic heterocycles. The number of aryl methyl sites for hydroxylation is 1. The fourth-order valence-electron chi connectivity index (χ4n) is 1.79. The molecule has 104 valence electrons. The molecule has 1 heterocycles. The van der Waals surface area contributed by atoms with Gasteiger partial charge in [-0.25, -0.2) is 4.98 Å². The highest BCUT2D eigenvalue weighted by molar-refractivity contribution is 7.15. The van der Waals surface area contributed by atoms with E-state index in [2.05, 4.69) is 24.1 Å². The number of anilines is 1. The van der Waals surface area contributed by atoms with Gasteiger partial charge in [-0.3, -0.25) is 0 Å². The Morgan fingerprint density at radius 1 is 1.33 bits per heavy atom. The zero-order chi connectivity index (χ0) is 13.4. The minimum atomic E-state index is 0.771. The van der Waals surface area contributed by atoms with Crippen molar-refractivity contribution in [3.05, 3.63) is 10.6 Å². The minimum Gasteiger partial charge on any atom is -0.380 e. The molecule has 0 atom stereocenters. The predicted octanol–water partition coefficient (Wildman–Crippen LogP) is 2.29. The van der Waals surface area contributed by atoms with Crippen molar-refractivity contribution in [2.24, 2.45) is 0 Å². The highest BCUT2D eigenvalue weighted by atomic mass is 32.1. The number of ether oxygens (including phenoxy) is 1. The Hall–Kier alpha value is -0.650. The fourth-order valence-corrected chi connectivity index (χ4v) is 3.04. The lowest BCUT2D eigenvalue weighted by Gasteiger charge is -2.19. The van der Waals surface area contributed by atoms with Gasteiger partial charge in [-0.2, -0.15) is 0 Å². The molecule has 0 aliphatic carbocycles. The summed E-state index contributed by atoms with van der Waals surface area (Å²) >= 11 is 1.80. The Morgan fingerprint density at radius 2 is 2.11 bits per heavy atom. The topological polar surface area (TPSA) is 37.4 Å². The van der Waals surface area contributed by atoms with Crippen LogP contribution in [0.1, 0.15) is 31.3 Å². The van der Waals surface area contributed by atoms with E-state index in [0.717, 1.165) is 44.4 Å². The van der Waals surface area contributed by atoms with Crippen LogP contribution in [0, 0.1) is 0 Å². The number of nitrogens with zero attached hydrogens (tertiary/aromatic N) is 2. The van der Waals surface area contributed by atoms with Crippen LogP contribution in [-0.2, 0) is 17.7 Å². The monoisotopic (exact) mass is 271 g/mol. The van der Waals surface area contributed by atoms with Crippen molar-refractivity contribution in [1.82, 2.24) is 10.3 Å². The standard InChI is InChI=1S/C13H25N3OS/c1-5-11-12(10-14-4)18-13(15-11)16(6-2)8-9-17-7-3/h14H,5-10H2,1-4H3. The number of hydrogen-bond acceptors (Lipinski definition) is 5. The molecule has 0 saturated carbocycles. The van der Waals surface area contributed by atoms with E-state index in [9.17, 15) is 0 Å². The summed E-state index contributed by atoms with van der Waals surface area (Å²) < 4.78 is 5.42. The van der Waals surface area contributed by atoms with Gasteiger partial charge in [0, 0.05) is 31.1 Å². The second kappa shape index (κ2) is 8.45. The summed E-state index contributed by atoms with van der Waals surface area (Å²) in [5, 5.41) is 4.33. The summed E-state index contributed by atoms with van der Waals surface area (Å²) in [5.41, 5.74) is 1.22. The molecule has 0 bridgehead atoms. The first-order chi connectivity index (χ1) is 8.76. The maximum atomic E-state index is 5.42. The van der Waals surface area contributed by atoms with Crippen LogP contribution in [0.5, 0.6) is 0 Å². The van der Waals surface area contributed by atoms with Gasteiger partial charge >= 0.3 is 0 Å². The first kappa shape index (κ1) is 15.4. The summed E-state index contributed by atoms with van der Waals surface area (Å²) in [6.45, 7) is 10.7. The molecule has 1 rings (SSSR count). The Balaban J connectivity index is 2.72. The lowest BCUT2D eigenvalue weighted by atomic mass is 10.3. The van der Waals surface area contributed by atoms with Gasteiger partial charge in [0.25, 0.3) is 0 Å². The van der Waals surface area contributed by atoms with Crippen LogP contribution in [0.25, 0.3) is 0 Å². The zero-order valence-electron chi connectivity index (χ0n) is 12.0. The van der Waals surface area contributed by atoms with Gasteiger partial charge in [0.2, 0.25) is 0 Å². The van der Waals surface area contributed by atoms with Crippen molar-refractivity contribution in [3.8, 4) is 0 Å². The van der Waals surface area contributed by atoms with Crippen LogP contribution in [-0.4, -0.2) is 38.3 Å². The first-order valence-corrected chi connectivity index (χ1v) is 7.54. The van der Waals surface area contributed by atoms with E-state index < -0.39 is 0 Å². The fraction of sp³-hybridized carbons (Fsp3) is 0.769. The third-order valence-electron chi connectivity index (χ3n) is 2.80. The van der Waals surface area contributed by atoms with E-state index in [1.807, 2.05) is 14.0 Å². The molecule has 0 aromatic carbocycles. The lowest BCUT2D eigenvalue weighted by molar-refractivity contribution is 0.154. The van der Waals surface area contributed by atoms with Gasteiger partial charge in [-0.15, -0.1) is 11.3 Å². The molecular formula is C13H25N3OS. The van der Waals surface area contributed by atoms with Crippen molar-refractivity contribution >= 4 is 16.5 Å². The highest BCUT2D eigenvalue weighted by Crippen LogP contribution is 2.26. The Labute approximate surface area is 114 Å². The quantitative estimate of drug-likeness (QED) is 0.699. The summed E-state index contributed by atoms with van der Waals surface area (Å²) in [6, 6.07) is 0. The molecule has 1 aromatic rings. The molecule has 0 amide bonds. The summed E-state index contributed by atoms with van der Waals surface area (Å²) in [4.78, 5) is 8.39. The Morgan fingerprint density at radius 3 is 2.67 bits per heavy atom. The van der Waals surface area contributed by atoms with Crippen molar-refractivity contribution in [3.63, 3.8) is 0 Å². The van der Waals surface area contributed by atoms with Crippen LogP contribution < -0.4 is 10.2 Å². The summed E-state index contributed by atoms with van der Waals surface area (Å²) in [5.74, 6) is 0. The van der Waals surface area contributed by atoms with Gasteiger partial charge in [0.05, 0.1) is 12.3 Å². The SMILES string of the molecule is CCOCCN(CC)c1nc(CC)c(CNC)s1. The number of hydrogen-bond donors (Lipinski definition) is 1. The molecule has 0 radical (unpaired) electrons. The third kappa shape index (κ3) is 4.23. The second-order valence-electron chi connectivity index (χ2n) is 4.03. The van der Waals surface area contributed by atoms with Gasteiger partial charge < -0.3 is 15.0 Å². The van der Waals surface area contributed by atoms with Crippen molar-refractivity contribution in [2.45, 2.75) is 33.7 Å². The average molecular weight is 271 g/mol. The molecule has 0 fully saturated rings. The molecule has 0 aliphatic heterocycles. The molecule has 5 heteroatoms. The average Bonchev–Trinajstić information content (AvgIpc) is 2.78. The first-order valence-electron chi connectivity index (χ1n) is 6.72. The molecule has 4 nitrogen and oxygen atoms in total. The number of thiazole rings is 1. The maximum absolute atomic E-state index is 5.42. The van der Waals surface area contributed by atoms with Crippen LogP contribution in [0.4, 0.5) is 5.13 Å². The molecule has 0 unspecified atom stereocenters. The molecular weight excluding hydrogens is 246 g/mol. The van der Waals surface area contributed by atoms with E-state index >= 15 is 0 Å². The summed E-state index contributed by atoms with van der Waals surface area (Å²) in [6.07, 6.45) is 0.997. The van der Waals surface area contributed by atoms with E-state index in [-0.39, 0.29) is 0 Å². The number of nitrogens with one attached hydrogen (secondary N) is 1. The maximum Gasteiger partial charge on any atom is 0.185 e. The number of aromatic nitrogens is 1. The van der Waals surface area contributed by atoms with Crippen LogP contribution in [0.2, 0.25) is 0 Å². The van der Waals surface area contributed by atoms with Crippen LogP contribution >= 0.6 is 11.3 Å². The van der Waals surface area contributed by atoms with Gasteiger partial charge in [-0.05, 0) is 27.3 Å². The minimum absolute atomic E-state index is 0.771. The van der Waals surface area contributed by atoms with E-state index in [4.69, 9.17) is 9.72 Å². The van der Waals surface area contributed by atoms with Crippen LogP contribution in [0.15, 0.2) is 0 Å². The normalized spacial score (nSPS) is 10.9. The lowest BCUT2D eigenvalue weighted by Crippen LogP contribution is -2.27. The number of rotatable bonds is 9. The van der Waals surface area contributed by atoms with Gasteiger partial charge in [0.15, 0.2) is 5.13 Å². The molecule has 1 N–H and O–H groups in total. The molecule has 0 aliphatic rings. The molecule has 0 spiro atoms. The van der Waals surface area contributed by atoms with E-state index in [1.165, 1.54) is 10.6 Å². The smallest absolute Gasteiger partial charge is 0.185 e. The van der Waals surface area contributed by atoms with E-state index in [1.54, 1.807) is 11.3 Å². The molecule has 18 heavy (non-hydrogen) atoms. The van der Waals surface area contributed by atoms with E-state index in [0.29, 0.717) is 0 Å². The van der Waals surface area contributed by atoms with Gasteiger partial charge in [0.1, 0.15) is 0 Å². The Bertz CT molecular complexity index is 341. The zero-order valence-corrected chi connectivity index (χ0v) is 12.8. The highest BCUT2D eigenvalue weighted by Gasteiger charge is 2.13. The van der Waals surface area contributed by atoms with Crippen molar-refractivity contribution < 1.29 is 4.74 Å². The van der Waals surface area contributed by atoms with Crippen molar-refractivity contribution in [1.29, 1.82) is 0 Å². The predicted molar refractivity (Wildman–Crippen MR) is 78.6 cm³/mol. The second-order valence-corrected chi connectivity index (χ2v) is 5.09. The third-order valence-corrected chi connectivity index (χ3v) is 3.96. The van der Waals surface area contributed by atoms with Crippen molar-refractivity contribution in [2.75, 3.05) is 38.3 Å². The Kier molecular flexibility index (Phi) is 7.23. The van der Waals surface area contributed by atoms with Crippen LogP contribution in [0.3, 0.4) is 0 Å². The van der Waals surface area contributed by atoms with Gasteiger partial charge in [-0.1, -0.05) is 6.92 Å². The number of likely N-dealkylation sites (N-methyl/N-ethyl adjacent to an activating group) is 1. The summed E-state index contributed by atoms with van der Waals surface area (Å²) in [7, 11) is 1.98. The molecule has 0 saturated heterocycles. The largest absolute Gasteiger partial charge is 0.380 e.